The Morgan fingerprint density at radius 2 is 1.64 bits per heavy atom. The van der Waals surface area contributed by atoms with E-state index in [4.69, 9.17) is 0 Å². The molecule has 2 aromatic rings. The first-order valence-corrected chi connectivity index (χ1v) is 9.01. The molecule has 1 N–H and O–H groups in total. The highest BCUT2D eigenvalue weighted by Gasteiger charge is 2.22. The van der Waals surface area contributed by atoms with Gasteiger partial charge >= 0.3 is 0 Å². The van der Waals surface area contributed by atoms with Crippen molar-refractivity contribution in [1.29, 1.82) is 0 Å². The predicted molar refractivity (Wildman–Crippen MR) is 103 cm³/mol. The third kappa shape index (κ3) is 4.60. The summed E-state index contributed by atoms with van der Waals surface area (Å²) in [5.41, 5.74) is 3.79. The van der Waals surface area contributed by atoms with Gasteiger partial charge in [0.15, 0.2) is 0 Å². The minimum atomic E-state index is 0.00808. The molecule has 0 spiro atoms. The van der Waals surface area contributed by atoms with Gasteiger partial charge in [-0.25, -0.2) is 0 Å². The molecule has 1 amide bonds. The lowest BCUT2D eigenvalue weighted by Gasteiger charge is -2.39. The van der Waals surface area contributed by atoms with Crippen molar-refractivity contribution in [2.45, 2.75) is 26.4 Å². The molecule has 132 valence electrons. The van der Waals surface area contributed by atoms with E-state index < -0.39 is 0 Å². The number of nitrogens with one attached hydrogen (secondary N) is 1. The topological polar surface area (TPSA) is 35.6 Å². The van der Waals surface area contributed by atoms with Crippen LogP contribution < -0.4 is 10.2 Å². The molecule has 25 heavy (non-hydrogen) atoms. The predicted octanol–water partition coefficient (Wildman–Crippen LogP) is 3.21. The molecule has 1 atom stereocenters. The number of para-hydroxylation sites is 1. The summed E-state index contributed by atoms with van der Waals surface area (Å²) in [6.45, 7) is 8.70. The highest BCUT2D eigenvalue weighted by Crippen LogP contribution is 2.24. The van der Waals surface area contributed by atoms with E-state index in [0.29, 0.717) is 12.6 Å². The maximum absolute atomic E-state index is 11.0. The largest absolute Gasteiger partial charge is 0.369 e. The maximum atomic E-state index is 11.0. The quantitative estimate of drug-likeness (QED) is 0.910. The fraction of sp³-hybridized carbons (Fsp3) is 0.381. The van der Waals surface area contributed by atoms with Crippen LogP contribution in [0.3, 0.4) is 0 Å². The average molecular weight is 337 g/mol. The molecule has 3 rings (SSSR count). The van der Waals surface area contributed by atoms with E-state index in [1.165, 1.54) is 11.3 Å². The Bertz CT molecular complexity index is 676. The number of carbonyl (C=O) groups excluding carboxylic acids is 1. The molecule has 1 fully saturated rings. The molecule has 1 aliphatic heterocycles. The molecular weight excluding hydrogens is 310 g/mol. The van der Waals surface area contributed by atoms with E-state index in [2.05, 4.69) is 76.6 Å². The highest BCUT2D eigenvalue weighted by molar-refractivity contribution is 5.72. The van der Waals surface area contributed by atoms with Gasteiger partial charge in [-0.05, 0) is 30.2 Å². The van der Waals surface area contributed by atoms with Crippen LogP contribution >= 0.6 is 0 Å². The zero-order valence-corrected chi connectivity index (χ0v) is 15.1. The van der Waals surface area contributed by atoms with E-state index in [1.54, 1.807) is 6.92 Å². The van der Waals surface area contributed by atoms with Crippen molar-refractivity contribution < 1.29 is 4.79 Å². The van der Waals surface area contributed by atoms with Crippen LogP contribution in [0.15, 0.2) is 54.6 Å². The molecule has 0 aliphatic carbocycles. The van der Waals surface area contributed by atoms with Crippen molar-refractivity contribution in [3.8, 4) is 0 Å². The maximum Gasteiger partial charge on any atom is 0.217 e. The van der Waals surface area contributed by atoms with E-state index >= 15 is 0 Å². The van der Waals surface area contributed by atoms with Gasteiger partial charge < -0.3 is 10.2 Å². The SMILES string of the molecule is CC(=O)NCc1ccc(C(C)N2CCN(c3ccccc3)CC2)cc1. The summed E-state index contributed by atoms with van der Waals surface area (Å²) in [6.07, 6.45) is 0. The first-order valence-electron chi connectivity index (χ1n) is 9.01. The number of nitrogens with zero attached hydrogens (tertiary/aromatic N) is 2. The summed E-state index contributed by atoms with van der Waals surface area (Å²) in [5, 5.41) is 2.84. The zero-order valence-electron chi connectivity index (χ0n) is 15.1. The second-order valence-corrected chi connectivity index (χ2v) is 6.69. The van der Waals surface area contributed by atoms with Gasteiger partial charge in [0, 0.05) is 51.4 Å². The minimum absolute atomic E-state index is 0.00808. The molecule has 0 bridgehead atoms. The number of carbonyl (C=O) groups is 1. The standard InChI is InChI=1S/C21H27N3O/c1-17(20-10-8-19(9-11-20)16-22-18(2)25)23-12-14-24(15-13-23)21-6-4-3-5-7-21/h3-11,17H,12-16H2,1-2H3,(H,22,25). The number of benzene rings is 2. The lowest BCUT2D eigenvalue weighted by atomic mass is 10.0. The summed E-state index contributed by atoms with van der Waals surface area (Å²) >= 11 is 0. The summed E-state index contributed by atoms with van der Waals surface area (Å²) in [6, 6.07) is 19.7. The smallest absolute Gasteiger partial charge is 0.217 e. The van der Waals surface area contributed by atoms with Crippen LogP contribution in [0.4, 0.5) is 5.69 Å². The van der Waals surface area contributed by atoms with Crippen LogP contribution in [0, 0.1) is 0 Å². The van der Waals surface area contributed by atoms with Gasteiger partial charge in [0.1, 0.15) is 0 Å². The lowest BCUT2D eigenvalue weighted by Crippen LogP contribution is -2.47. The van der Waals surface area contributed by atoms with E-state index in [-0.39, 0.29) is 5.91 Å². The fourth-order valence-corrected chi connectivity index (χ4v) is 3.36. The monoisotopic (exact) mass is 337 g/mol. The van der Waals surface area contributed by atoms with Crippen LogP contribution in [0.5, 0.6) is 0 Å². The van der Waals surface area contributed by atoms with Gasteiger partial charge in [-0.15, -0.1) is 0 Å². The molecule has 2 aromatic carbocycles. The van der Waals surface area contributed by atoms with Crippen molar-refractivity contribution in [3.05, 3.63) is 65.7 Å². The third-order valence-corrected chi connectivity index (χ3v) is 4.99. The second-order valence-electron chi connectivity index (χ2n) is 6.69. The lowest BCUT2D eigenvalue weighted by molar-refractivity contribution is -0.119. The van der Waals surface area contributed by atoms with Gasteiger partial charge in [-0.1, -0.05) is 42.5 Å². The molecular formula is C21H27N3O. The minimum Gasteiger partial charge on any atom is -0.369 e. The molecule has 4 nitrogen and oxygen atoms in total. The van der Waals surface area contributed by atoms with Gasteiger partial charge in [0.25, 0.3) is 0 Å². The van der Waals surface area contributed by atoms with Gasteiger partial charge in [-0.2, -0.15) is 0 Å². The van der Waals surface area contributed by atoms with Crippen LogP contribution in [-0.2, 0) is 11.3 Å². The molecule has 1 unspecified atom stereocenters. The van der Waals surface area contributed by atoms with Crippen molar-refractivity contribution in [2.75, 3.05) is 31.1 Å². The fourth-order valence-electron chi connectivity index (χ4n) is 3.36. The van der Waals surface area contributed by atoms with E-state index in [0.717, 1.165) is 31.7 Å². The number of amides is 1. The summed E-state index contributed by atoms with van der Waals surface area (Å²) < 4.78 is 0. The molecule has 1 aliphatic rings. The number of anilines is 1. The van der Waals surface area contributed by atoms with Gasteiger partial charge in [0.2, 0.25) is 5.91 Å². The van der Waals surface area contributed by atoms with E-state index in [1.807, 2.05) is 0 Å². The normalized spacial score (nSPS) is 16.5. The highest BCUT2D eigenvalue weighted by atomic mass is 16.1. The molecule has 1 heterocycles. The summed E-state index contributed by atoms with van der Waals surface area (Å²) in [5.74, 6) is 0.00808. The van der Waals surface area contributed by atoms with Crippen LogP contribution in [0.1, 0.15) is 31.0 Å². The Labute approximate surface area is 150 Å². The van der Waals surface area contributed by atoms with Crippen molar-refractivity contribution >= 4 is 11.6 Å². The molecule has 0 saturated carbocycles. The number of piperazine rings is 1. The van der Waals surface area contributed by atoms with Crippen LogP contribution in [-0.4, -0.2) is 37.0 Å². The Kier molecular flexibility index (Phi) is 5.71. The molecule has 1 saturated heterocycles. The Hall–Kier alpha value is -2.33. The molecule has 0 radical (unpaired) electrons. The van der Waals surface area contributed by atoms with Crippen LogP contribution in [0.25, 0.3) is 0 Å². The number of hydrogen-bond donors (Lipinski definition) is 1. The van der Waals surface area contributed by atoms with E-state index in [9.17, 15) is 4.79 Å². The Balaban J connectivity index is 1.55. The number of rotatable bonds is 5. The Morgan fingerprint density at radius 1 is 1.00 bits per heavy atom. The third-order valence-electron chi connectivity index (χ3n) is 4.99. The number of hydrogen-bond acceptors (Lipinski definition) is 3. The molecule has 0 aromatic heterocycles. The van der Waals surface area contributed by atoms with Crippen molar-refractivity contribution in [2.24, 2.45) is 0 Å². The average Bonchev–Trinajstić information content (AvgIpc) is 2.67. The summed E-state index contributed by atoms with van der Waals surface area (Å²) in [4.78, 5) is 16.0. The first-order chi connectivity index (χ1) is 12.1. The van der Waals surface area contributed by atoms with Crippen molar-refractivity contribution in [3.63, 3.8) is 0 Å². The molecule has 4 heteroatoms. The van der Waals surface area contributed by atoms with Crippen molar-refractivity contribution in [1.82, 2.24) is 10.2 Å². The zero-order chi connectivity index (χ0) is 17.6. The van der Waals surface area contributed by atoms with Crippen LogP contribution in [0.2, 0.25) is 0 Å². The van der Waals surface area contributed by atoms with Gasteiger partial charge in [-0.3, -0.25) is 9.69 Å². The first kappa shape index (κ1) is 17.5. The second kappa shape index (κ2) is 8.17. The Morgan fingerprint density at radius 3 is 2.24 bits per heavy atom. The summed E-state index contributed by atoms with van der Waals surface area (Å²) in [7, 11) is 0. The van der Waals surface area contributed by atoms with Gasteiger partial charge in [0.05, 0.1) is 0 Å².